The minimum absolute atomic E-state index is 0.0439. The summed E-state index contributed by atoms with van der Waals surface area (Å²) in [6.45, 7) is 4.32. The molecule has 1 aliphatic heterocycles. The molecule has 0 radical (unpaired) electrons. The number of nitrogens with one attached hydrogen (secondary N) is 1. The van der Waals surface area contributed by atoms with Crippen LogP contribution in [0.2, 0.25) is 0 Å². The van der Waals surface area contributed by atoms with Crippen LogP contribution >= 0.6 is 0 Å². The highest BCUT2D eigenvalue weighted by Crippen LogP contribution is 2.35. The summed E-state index contributed by atoms with van der Waals surface area (Å²) in [7, 11) is 0. The van der Waals surface area contributed by atoms with E-state index in [2.05, 4.69) is 28.4 Å². The number of hydrogen-bond acceptors (Lipinski definition) is 3. The van der Waals surface area contributed by atoms with E-state index in [4.69, 9.17) is 4.74 Å². The van der Waals surface area contributed by atoms with Crippen molar-refractivity contribution in [1.29, 1.82) is 0 Å². The number of rotatable bonds is 6. The third kappa shape index (κ3) is 5.03. The summed E-state index contributed by atoms with van der Waals surface area (Å²) in [4.78, 5) is 2.43. The molecule has 150 valence electrons. The van der Waals surface area contributed by atoms with Crippen molar-refractivity contribution in [2.45, 2.75) is 19.1 Å². The molecule has 0 aromatic heterocycles. The van der Waals surface area contributed by atoms with Gasteiger partial charge in [0.1, 0.15) is 18.2 Å². The van der Waals surface area contributed by atoms with E-state index in [0.717, 1.165) is 55.0 Å². The summed E-state index contributed by atoms with van der Waals surface area (Å²) in [6.07, 6.45) is 1.07. The molecule has 1 atom stereocenters. The van der Waals surface area contributed by atoms with Crippen LogP contribution in [0.1, 0.15) is 29.2 Å². The van der Waals surface area contributed by atoms with Gasteiger partial charge in [-0.15, -0.1) is 0 Å². The van der Waals surface area contributed by atoms with Gasteiger partial charge in [0.05, 0.1) is 6.04 Å². The minimum Gasteiger partial charge on any atom is -0.489 e. The number of ether oxygens (including phenoxy) is 1. The highest BCUT2D eigenvalue weighted by molar-refractivity contribution is 5.42. The van der Waals surface area contributed by atoms with E-state index < -0.39 is 0 Å². The topological polar surface area (TPSA) is 24.5 Å². The Morgan fingerprint density at radius 2 is 1.72 bits per heavy atom. The second kappa shape index (κ2) is 9.68. The second-order valence-electron chi connectivity index (χ2n) is 7.41. The normalized spacial score (nSPS) is 16.2. The fourth-order valence-electron chi connectivity index (χ4n) is 3.96. The van der Waals surface area contributed by atoms with Crippen LogP contribution in [-0.4, -0.2) is 31.1 Å². The van der Waals surface area contributed by atoms with Gasteiger partial charge in [-0.1, -0.05) is 60.7 Å². The molecule has 0 spiro atoms. The van der Waals surface area contributed by atoms with Gasteiger partial charge < -0.3 is 10.1 Å². The van der Waals surface area contributed by atoms with E-state index in [9.17, 15) is 4.39 Å². The molecule has 3 nitrogen and oxygen atoms in total. The van der Waals surface area contributed by atoms with Crippen molar-refractivity contribution in [3.05, 3.63) is 101 Å². The molecule has 1 unspecified atom stereocenters. The monoisotopic (exact) mass is 390 g/mol. The highest BCUT2D eigenvalue weighted by Gasteiger charge is 2.26. The second-order valence-corrected chi connectivity index (χ2v) is 7.41. The molecule has 3 aromatic rings. The molecule has 1 aliphatic rings. The first-order chi connectivity index (χ1) is 14.3. The number of benzene rings is 3. The summed E-state index contributed by atoms with van der Waals surface area (Å²) in [5.41, 5.74) is 3.17. The van der Waals surface area contributed by atoms with Crippen LogP contribution in [0, 0.1) is 5.82 Å². The van der Waals surface area contributed by atoms with E-state index in [1.54, 1.807) is 12.1 Å². The zero-order chi connectivity index (χ0) is 19.9. The SMILES string of the molecule is Fc1cccc(C(c2ccccc2OCc2ccccc2)N2CCCNCC2)c1. The number of hydrogen-bond donors (Lipinski definition) is 1. The summed E-state index contributed by atoms with van der Waals surface area (Å²) >= 11 is 0. The summed E-state index contributed by atoms with van der Waals surface area (Å²) in [5.74, 6) is 0.644. The van der Waals surface area contributed by atoms with Crippen molar-refractivity contribution < 1.29 is 9.13 Å². The lowest BCUT2D eigenvalue weighted by Gasteiger charge is -2.32. The minimum atomic E-state index is -0.205. The van der Waals surface area contributed by atoms with Crippen LogP contribution in [-0.2, 0) is 6.61 Å². The Morgan fingerprint density at radius 3 is 2.59 bits per heavy atom. The molecule has 0 aliphatic carbocycles. The van der Waals surface area contributed by atoms with Crippen molar-refractivity contribution in [3.63, 3.8) is 0 Å². The maximum atomic E-state index is 14.1. The van der Waals surface area contributed by atoms with Crippen molar-refractivity contribution in [3.8, 4) is 5.75 Å². The van der Waals surface area contributed by atoms with E-state index >= 15 is 0 Å². The van der Waals surface area contributed by atoms with Crippen LogP contribution in [0.4, 0.5) is 4.39 Å². The fraction of sp³-hybridized carbons (Fsp3) is 0.280. The van der Waals surface area contributed by atoms with Crippen molar-refractivity contribution in [1.82, 2.24) is 10.2 Å². The molecule has 4 heteroatoms. The van der Waals surface area contributed by atoms with Gasteiger partial charge in [0, 0.05) is 25.2 Å². The molecular formula is C25H27FN2O. The molecule has 0 amide bonds. The number of para-hydroxylation sites is 1. The quantitative estimate of drug-likeness (QED) is 0.655. The predicted octanol–water partition coefficient (Wildman–Crippen LogP) is 4.79. The Kier molecular flexibility index (Phi) is 6.55. The first-order valence-electron chi connectivity index (χ1n) is 10.3. The smallest absolute Gasteiger partial charge is 0.124 e. The molecule has 0 saturated carbocycles. The molecule has 1 saturated heterocycles. The first-order valence-corrected chi connectivity index (χ1v) is 10.3. The van der Waals surface area contributed by atoms with Crippen LogP contribution < -0.4 is 10.1 Å². The van der Waals surface area contributed by atoms with Gasteiger partial charge in [-0.3, -0.25) is 4.90 Å². The highest BCUT2D eigenvalue weighted by atomic mass is 19.1. The van der Waals surface area contributed by atoms with Crippen LogP contribution in [0.25, 0.3) is 0 Å². The van der Waals surface area contributed by atoms with Gasteiger partial charge in [0.2, 0.25) is 0 Å². The third-order valence-corrected chi connectivity index (χ3v) is 5.35. The van der Waals surface area contributed by atoms with Crippen LogP contribution in [0.5, 0.6) is 5.75 Å². The Hall–Kier alpha value is -2.69. The van der Waals surface area contributed by atoms with E-state index in [0.29, 0.717) is 6.61 Å². The molecule has 1 heterocycles. The van der Waals surface area contributed by atoms with Gasteiger partial charge >= 0.3 is 0 Å². The molecule has 3 aromatic carbocycles. The Bertz CT molecular complexity index is 907. The Morgan fingerprint density at radius 1 is 0.897 bits per heavy atom. The molecule has 4 rings (SSSR count). The Labute approximate surface area is 172 Å². The van der Waals surface area contributed by atoms with Crippen LogP contribution in [0.3, 0.4) is 0 Å². The van der Waals surface area contributed by atoms with Gasteiger partial charge in [0.15, 0.2) is 0 Å². The number of halogens is 1. The van der Waals surface area contributed by atoms with Crippen molar-refractivity contribution in [2.75, 3.05) is 26.2 Å². The van der Waals surface area contributed by atoms with E-state index in [-0.39, 0.29) is 11.9 Å². The lowest BCUT2D eigenvalue weighted by molar-refractivity contribution is 0.230. The standard InChI is InChI=1S/C25H27FN2O/c26-22-11-6-10-21(18-22)25(28-16-7-14-27-15-17-28)23-12-4-5-13-24(23)29-19-20-8-2-1-3-9-20/h1-6,8-13,18,25,27H,7,14-17,19H2. The zero-order valence-corrected chi connectivity index (χ0v) is 16.6. The first kappa shape index (κ1) is 19.6. The largest absolute Gasteiger partial charge is 0.489 e. The lowest BCUT2D eigenvalue weighted by atomic mass is 9.95. The maximum absolute atomic E-state index is 14.1. The number of nitrogens with zero attached hydrogens (tertiary/aromatic N) is 1. The van der Waals surface area contributed by atoms with Gasteiger partial charge in [-0.2, -0.15) is 0 Å². The van der Waals surface area contributed by atoms with Gasteiger partial charge in [-0.25, -0.2) is 4.39 Å². The average Bonchev–Trinajstić information content (AvgIpc) is 3.04. The zero-order valence-electron chi connectivity index (χ0n) is 16.6. The van der Waals surface area contributed by atoms with Crippen molar-refractivity contribution >= 4 is 0 Å². The Balaban J connectivity index is 1.68. The van der Waals surface area contributed by atoms with E-state index in [1.807, 2.05) is 42.5 Å². The maximum Gasteiger partial charge on any atom is 0.124 e. The van der Waals surface area contributed by atoms with Gasteiger partial charge in [-0.05, 0) is 42.3 Å². The molecule has 1 fully saturated rings. The summed E-state index contributed by atoms with van der Waals surface area (Å²) in [6, 6.07) is 25.2. The predicted molar refractivity (Wildman–Crippen MR) is 115 cm³/mol. The molecular weight excluding hydrogens is 363 g/mol. The van der Waals surface area contributed by atoms with Crippen molar-refractivity contribution in [2.24, 2.45) is 0 Å². The average molecular weight is 391 g/mol. The fourth-order valence-corrected chi connectivity index (χ4v) is 3.96. The summed E-state index contributed by atoms with van der Waals surface area (Å²) < 4.78 is 20.3. The summed E-state index contributed by atoms with van der Waals surface area (Å²) in [5, 5.41) is 3.46. The lowest BCUT2D eigenvalue weighted by Crippen LogP contribution is -2.33. The van der Waals surface area contributed by atoms with Crippen LogP contribution in [0.15, 0.2) is 78.9 Å². The van der Waals surface area contributed by atoms with Gasteiger partial charge in [0.25, 0.3) is 0 Å². The van der Waals surface area contributed by atoms with E-state index in [1.165, 1.54) is 6.07 Å². The molecule has 1 N–H and O–H groups in total. The third-order valence-electron chi connectivity index (χ3n) is 5.35. The molecule has 29 heavy (non-hydrogen) atoms. The molecule has 0 bridgehead atoms.